The molecule has 0 unspecified atom stereocenters. The first-order valence-corrected chi connectivity index (χ1v) is 7.08. The van der Waals surface area contributed by atoms with Gasteiger partial charge >= 0.3 is 0 Å². The topological polar surface area (TPSA) is 40.7 Å². The van der Waals surface area contributed by atoms with E-state index in [2.05, 4.69) is 21.7 Å². The summed E-state index contributed by atoms with van der Waals surface area (Å²) in [7, 11) is 0. The Bertz CT molecular complexity index is 455. The number of H-pyrrole nitrogens is 1. The third kappa shape index (κ3) is 2.58. The van der Waals surface area contributed by atoms with E-state index in [1.165, 1.54) is 18.5 Å². The van der Waals surface area contributed by atoms with Gasteiger partial charge in [0.15, 0.2) is 0 Å². The van der Waals surface area contributed by atoms with Gasteiger partial charge in [0.2, 0.25) is 0 Å². The zero-order chi connectivity index (χ0) is 11.5. The fourth-order valence-corrected chi connectivity index (χ4v) is 3.19. The van der Waals surface area contributed by atoms with Gasteiger partial charge < -0.3 is 10.3 Å². The summed E-state index contributed by atoms with van der Waals surface area (Å²) in [6.07, 6.45) is 5.66. The largest absolute Gasteiger partial charge is 0.359 e. The van der Waals surface area contributed by atoms with Crippen molar-refractivity contribution < 1.29 is 0 Å². The van der Waals surface area contributed by atoms with Gasteiger partial charge in [-0.2, -0.15) is 0 Å². The summed E-state index contributed by atoms with van der Waals surface area (Å²) < 4.78 is 0. The van der Waals surface area contributed by atoms with E-state index in [1.807, 2.05) is 12.3 Å². The van der Waals surface area contributed by atoms with E-state index >= 15 is 0 Å². The molecule has 2 N–H and O–H groups in total. The van der Waals surface area contributed by atoms with Gasteiger partial charge in [0, 0.05) is 11.6 Å². The molecule has 17 heavy (non-hydrogen) atoms. The lowest BCUT2D eigenvalue weighted by Crippen LogP contribution is -2.28. The molecule has 0 spiro atoms. The van der Waals surface area contributed by atoms with E-state index in [9.17, 15) is 0 Å². The van der Waals surface area contributed by atoms with Crippen molar-refractivity contribution in [2.24, 2.45) is 5.92 Å². The number of hydrogen-bond acceptors (Lipinski definition) is 3. The molecule has 1 aliphatic rings. The fourth-order valence-electron chi connectivity index (χ4n) is 2.37. The van der Waals surface area contributed by atoms with E-state index in [-0.39, 0.29) is 0 Å². The van der Waals surface area contributed by atoms with Crippen molar-refractivity contribution in [1.29, 1.82) is 0 Å². The molecular weight excluding hydrogens is 230 g/mol. The first-order chi connectivity index (χ1) is 8.42. The molecule has 2 aromatic rings. The summed E-state index contributed by atoms with van der Waals surface area (Å²) in [5.74, 6) is 0.815. The Morgan fingerprint density at radius 1 is 1.35 bits per heavy atom. The maximum Gasteiger partial charge on any atom is 0.139 e. The minimum atomic E-state index is 0.815. The average molecular weight is 247 g/mol. The van der Waals surface area contributed by atoms with Crippen molar-refractivity contribution in [3.63, 3.8) is 0 Å². The number of nitrogens with zero attached hydrogens (tertiary/aromatic N) is 1. The molecule has 0 amide bonds. The summed E-state index contributed by atoms with van der Waals surface area (Å²) in [6.45, 7) is 2.33. The van der Waals surface area contributed by atoms with Crippen LogP contribution in [0, 0.1) is 5.92 Å². The number of hydrogen-bond donors (Lipinski definition) is 2. The van der Waals surface area contributed by atoms with E-state index in [0.29, 0.717) is 0 Å². The summed E-state index contributed by atoms with van der Waals surface area (Å²) in [5, 5.41) is 6.72. The Balaban J connectivity index is 1.68. The number of nitrogens with one attached hydrogen (secondary N) is 2. The van der Waals surface area contributed by atoms with E-state index in [1.54, 1.807) is 11.3 Å². The second-order valence-electron chi connectivity index (χ2n) is 4.63. The van der Waals surface area contributed by atoms with E-state index in [4.69, 9.17) is 4.98 Å². The van der Waals surface area contributed by atoms with Crippen molar-refractivity contribution in [3.8, 4) is 10.7 Å². The Morgan fingerprint density at radius 2 is 2.24 bits per heavy atom. The molecule has 0 saturated carbocycles. The zero-order valence-electron chi connectivity index (χ0n) is 9.78. The molecular formula is C13H17N3S. The summed E-state index contributed by atoms with van der Waals surface area (Å²) in [4.78, 5) is 7.92. The van der Waals surface area contributed by atoms with Crippen LogP contribution in [0.25, 0.3) is 10.7 Å². The standard InChI is InChI=1S/C13H17N3S/c1-2-12(15-5-1)13-16-11(9-17-13)8-10-3-6-14-7-4-10/h1-2,5,9-10,14-15H,3-4,6-8H2. The third-order valence-corrected chi connectivity index (χ3v) is 4.26. The summed E-state index contributed by atoms with van der Waals surface area (Å²) in [6, 6.07) is 4.09. The molecule has 2 aromatic heterocycles. The maximum atomic E-state index is 4.71. The number of thiazole rings is 1. The molecule has 3 rings (SSSR count). The molecule has 90 valence electrons. The van der Waals surface area contributed by atoms with Crippen LogP contribution in [0.3, 0.4) is 0 Å². The van der Waals surface area contributed by atoms with Crippen LogP contribution in [-0.2, 0) is 6.42 Å². The van der Waals surface area contributed by atoms with Gasteiger partial charge in [0.1, 0.15) is 5.01 Å². The number of rotatable bonds is 3. The van der Waals surface area contributed by atoms with Crippen LogP contribution < -0.4 is 5.32 Å². The van der Waals surface area contributed by atoms with Gasteiger partial charge in [-0.1, -0.05) is 0 Å². The average Bonchev–Trinajstić information content (AvgIpc) is 3.00. The first kappa shape index (κ1) is 11.0. The SMILES string of the molecule is c1c[nH]c(-c2nc(CC3CCNCC3)cs2)c1. The molecule has 1 saturated heterocycles. The monoisotopic (exact) mass is 247 g/mol. The fraction of sp³-hybridized carbons (Fsp3) is 0.462. The molecule has 1 fully saturated rings. The lowest BCUT2D eigenvalue weighted by molar-refractivity contribution is 0.370. The molecule has 3 nitrogen and oxygen atoms in total. The first-order valence-electron chi connectivity index (χ1n) is 6.21. The second kappa shape index (κ2) is 5.02. The van der Waals surface area contributed by atoms with Crippen LogP contribution in [0.5, 0.6) is 0 Å². The Kier molecular flexibility index (Phi) is 3.25. The predicted octanol–water partition coefficient (Wildman–Crippen LogP) is 2.68. The van der Waals surface area contributed by atoms with Gasteiger partial charge in [0.05, 0.1) is 11.4 Å². The van der Waals surface area contributed by atoms with Gasteiger partial charge in [0.25, 0.3) is 0 Å². The molecule has 0 radical (unpaired) electrons. The molecule has 0 bridgehead atoms. The Morgan fingerprint density at radius 3 is 3.00 bits per heavy atom. The number of aromatic amines is 1. The van der Waals surface area contributed by atoms with Gasteiger partial charge in [-0.15, -0.1) is 11.3 Å². The van der Waals surface area contributed by atoms with Gasteiger partial charge in [-0.05, 0) is 50.4 Å². The molecule has 1 aliphatic heterocycles. The highest BCUT2D eigenvalue weighted by molar-refractivity contribution is 7.13. The van der Waals surface area contributed by atoms with Crippen LogP contribution in [0.4, 0.5) is 0 Å². The zero-order valence-corrected chi connectivity index (χ0v) is 10.6. The molecule has 3 heterocycles. The predicted molar refractivity (Wildman–Crippen MR) is 71.2 cm³/mol. The maximum absolute atomic E-state index is 4.71. The van der Waals surface area contributed by atoms with Crippen molar-refractivity contribution in [2.45, 2.75) is 19.3 Å². The molecule has 4 heteroatoms. The quantitative estimate of drug-likeness (QED) is 0.875. The highest BCUT2D eigenvalue weighted by Gasteiger charge is 2.15. The van der Waals surface area contributed by atoms with Crippen molar-refractivity contribution in [3.05, 3.63) is 29.4 Å². The Hall–Kier alpha value is -1.13. The van der Waals surface area contributed by atoms with Crippen LogP contribution in [0.1, 0.15) is 18.5 Å². The third-order valence-electron chi connectivity index (χ3n) is 3.34. The normalized spacial score (nSPS) is 17.4. The van der Waals surface area contributed by atoms with E-state index < -0.39 is 0 Å². The van der Waals surface area contributed by atoms with Gasteiger partial charge in [-0.25, -0.2) is 4.98 Å². The smallest absolute Gasteiger partial charge is 0.139 e. The van der Waals surface area contributed by atoms with Crippen LogP contribution in [-0.4, -0.2) is 23.1 Å². The number of aromatic nitrogens is 2. The minimum absolute atomic E-state index is 0.815. The van der Waals surface area contributed by atoms with Crippen molar-refractivity contribution in [2.75, 3.05) is 13.1 Å². The molecule has 0 atom stereocenters. The van der Waals surface area contributed by atoms with Gasteiger partial charge in [-0.3, -0.25) is 0 Å². The second-order valence-corrected chi connectivity index (χ2v) is 5.48. The molecule has 0 aliphatic carbocycles. The van der Waals surface area contributed by atoms with Crippen molar-refractivity contribution in [1.82, 2.24) is 15.3 Å². The van der Waals surface area contributed by atoms with Crippen LogP contribution >= 0.6 is 11.3 Å². The van der Waals surface area contributed by atoms with Crippen molar-refractivity contribution >= 4 is 11.3 Å². The molecule has 0 aromatic carbocycles. The summed E-state index contributed by atoms with van der Waals surface area (Å²) >= 11 is 1.74. The van der Waals surface area contributed by atoms with E-state index in [0.717, 1.165) is 36.1 Å². The Labute approximate surface area is 105 Å². The lowest BCUT2D eigenvalue weighted by atomic mass is 9.94. The van der Waals surface area contributed by atoms with Crippen LogP contribution in [0.2, 0.25) is 0 Å². The van der Waals surface area contributed by atoms with Crippen LogP contribution in [0.15, 0.2) is 23.7 Å². The highest BCUT2D eigenvalue weighted by Crippen LogP contribution is 2.25. The minimum Gasteiger partial charge on any atom is -0.359 e. The highest BCUT2D eigenvalue weighted by atomic mass is 32.1. The summed E-state index contributed by atoms with van der Waals surface area (Å²) in [5.41, 5.74) is 2.39. The number of piperidine rings is 1. The lowest BCUT2D eigenvalue weighted by Gasteiger charge is -2.21.